The molecule has 0 aromatic heterocycles. The molecule has 1 aromatic carbocycles. The highest BCUT2D eigenvalue weighted by Gasteiger charge is 2.19. The molecule has 1 aromatic rings. The van der Waals surface area contributed by atoms with Crippen LogP contribution >= 0.6 is 0 Å². The molecule has 1 fully saturated rings. The van der Waals surface area contributed by atoms with Gasteiger partial charge in [0, 0.05) is 37.3 Å². The molecule has 0 bridgehead atoms. The van der Waals surface area contributed by atoms with Crippen molar-refractivity contribution in [3.63, 3.8) is 0 Å². The summed E-state index contributed by atoms with van der Waals surface area (Å²) in [6.07, 6.45) is 2.60. The normalized spacial score (nSPS) is 15.1. The highest BCUT2D eigenvalue weighted by molar-refractivity contribution is 5.28. The van der Waals surface area contributed by atoms with Crippen LogP contribution in [0.15, 0.2) is 18.2 Å². The molecule has 4 heteroatoms. The molecule has 0 saturated heterocycles. The van der Waals surface area contributed by atoms with Crippen LogP contribution in [0.1, 0.15) is 18.4 Å². The van der Waals surface area contributed by atoms with Crippen LogP contribution in [0.3, 0.4) is 0 Å². The zero-order valence-electron chi connectivity index (χ0n) is 11.1. The Bertz CT molecular complexity index is 393. The Morgan fingerprint density at radius 2 is 2.22 bits per heavy atom. The molecule has 3 nitrogen and oxygen atoms in total. The van der Waals surface area contributed by atoms with Gasteiger partial charge in [0.25, 0.3) is 0 Å². The lowest BCUT2D eigenvalue weighted by Crippen LogP contribution is -2.30. The molecule has 1 saturated carbocycles. The van der Waals surface area contributed by atoms with Gasteiger partial charge in [-0.3, -0.25) is 0 Å². The van der Waals surface area contributed by atoms with E-state index in [1.807, 2.05) is 7.05 Å². The van der Waals surface area contributed by atoms with Crippen LogP contribution in [0.5, 0.6) is 5.75 Å². The molecule has 0 unspecified atom stereocenters. The summed E-state index contributed by atoms with van der Waals surface area (Å²) in [7, 11) is 3.56. The Morgan fingerprint density at radius 1 is 1.44 bits per heavy atom. The SMILES string of the molecule is COc1ccc(CN(C)CCNC2CC2)c(F)c1. The number of hydrogen-bond acceptors (Lipinski definition) is 3. The predicted molar refractivity (Wildman–Crippen MR) is 70.3 cm³/mol. The first-order valence-electron chi connectivity index (χ1n) is 6.43. The summed E-state index contributed by atoms with van der Waals surface area (Å²) in [5, 5.41) is 3.45. The maximum atomic E-state index is 13.7. The van der Waals surface area contributed by atoms with Crippen LogP contribution < -0.4 is 10.1 Å². The first-order chi connectivity index (χ1) is 8.69. The van der Waals surface area contributed by atoms with Crippen molar-refractivity contribution in [3.05, 3.63) is 29.6 Å². The lowest BCUT2D eigenvalue weighted by molar-refractivity contribution is 0.318. The van der Waals surface area contributed by atoms with Crippen molar-refractivity contribution in [1.82, 2.24) is 10.2 Å². The summed E-state index contributed by atoms with van der Waals surface area (Å²) >= 11 is 0. The summed E-state index contributed by atoms with van der Waals surface area (Å²) < 4.78 is 18.7. The zero-order valence-corrected chi connectivity index (χ0v) is 11.1. The Hall–Kier alpha value is -1.13. The molecule has 1 aliphatic rings. The van der Waals surface area contributed by atoms with Crippen molar-refractivity contribution >= 4 is 0 Å². The van der Waals surface area contributed by atoms with Crippen molar-refractivity contribution < 1.29 is 9.13 Å². The maximum absolute atomic E-state index is 13.7. The highest BCUT2D eigenvalue weighted by Crippen LogP contribution is 2.19. The number of hydrogen-bond donors (Lipinski definition) is 1. The van der Waals surface area contributed by atoms with Gasteiger partial charge in [-0.2, -0.15) is 0 Å². The standard InChI is InChI=1S/C14H21FN2O/c1-17(8-7-16-12-4-5-12)10-11-3-6-13(18-2)9-14(11)15/h3,6,9,12,16H,4-5,7-8,10H2,1-2H3. The lowest BCUT2D eigenvalue weighted by Gasteiger charge is -2.17. The number of nitrogens with one attached hydrogen (secondary N) is 1. The molecule has 2 rings (SSSR count). The minimum Gasteiger partial charge on any atom is -0.497 e. The molecule has 0 radical (unpaired) electrons. The fraction of sp³-hybridized carbons (Fsp3) is 0.571. The van der Waals surface area contributed by atoms with E-state index in [1.54, 1.807) is 19.2 Å². The average molecular weight is 252 g/mol. The number of likely N-dealkylation sites (N-methyl/N-ethyl adjacent to an activating group) is 1. The van der Waals surface area contributed by atoms with E-state index in [4.69, 9.17) is 4.74 Å². The van der Waals surface area contributed by atoms with E-state index in [0.29, 0.717) is 17.9 Å². The van der Waals surface area contributed by atoms with Gasteiger partial charge in [-0.15, -0.1) is 0 Å². The predicted octanol–water partition coefficient (Wildman–Crippen LogP) is 2.02. The smallest absolute Gasteiger partial charge is 0.131 e. The van der Waals surface area contributed by atoms with Gasteiger partial charge in [-0.25, -0.2) is 4.39 Å². The van der Waals surface area contributed by atoms with Crippen molar-refractivity contribution in [2.75, 3.05) is 27.2 Å². The van der Waals surface area contributed by atoms with Crippen LogP contribution in [0.2, 0.25) is 0 Å². The number of benzene rings is 1. The molecule has 0 spiro atoms. The van der Waals surface area contributed by atoms with Gasteiger partial charge < -0.3 is 15.0 Å². The Balaban J connectivity index is 1.79. The highest BCUT2D eigenvalue weighted by atomic mass is 19.1. The van der Waals surface area contributed by atoms with Gasteiger partial charge >= 0.3 is 0 Å². The number of halogens is 1. The Morgan fingerprint density at radius 3 is 2.83 bits per heavy atom. The van der Waals surface area contributed by atoms with Gasteiger partial charge in [0.05, 0.1) is 7.11 Å². The van der Waals surface area contributed by atoms with E-state index in [9.17, 15) is 4.39 Å². The van der Waals surface area contributed by atoms with E-state index in [0.717, 1.165) is 19.1 Å². The lowest BCUT2D eigenvalue weighted by atomic mass is 10.2. The summed E-state index contributed by atoms with van der Waals surface area (Å²) in [6, 6.07) is 5.76. The second kappa shape index (κ2) is 6.16. The molecular weight excluding hydrogens is 231 g/mol. The molecule has 1 aliphatic carbocycles. The third-order valence-corrected chi connectivity index (χ3v) is 3.20. The van der Waals surface area contributed by atoms with Gasteiger partial charge in [0.2, 0.25) is 0 Å². The van der Waals surface area contributed by atoms with E-state index in [-0.39, 0.29) is 5.82 Å². The van der Waals surface area contributed by atoms with Crippen molar-refractivity contribution in [3.8, 4) is 5.75 Å². The maximum Gasteiger partial charge on any atom is 0.131 e. The number of ether oxygens (including phenoxy) is 1. The van der Waals surface area contributed by atoms with Crippen LogP contribution in [0.25, 0.3) is 0 Å². The molecule has 0 heterocycles. The molecule has 18 heavy (non-hydrogen) atoms. The van der Waals surface area contributed by atoms with Crippen molar-refractivity contribution in [1.29, 1.82) is 0 Å². The summed E-state index contributed by atoms with van der Waals surface area (Å²) in [6.45, 7) is 2.53. The van der Waals surface area contributed by atoms with Crippen LogP contribution in [0, 0.1) is 5.82 Å². The van der Waals surface area contributed by atoms with E-state index in [1.165, 1.54) is 18.9 Å². The van der Waals surface area contributed by atoms with Crippen LogP contribution in [-0.4, -0.2) is 38.2 Å². The molecular formula is C14H21FN2O. The molecule has 100 valence electrons. The topological polar surface area (TPSA) is 24.5 Å². The number of methoxy groups -OCH3 is 1. The van der Waals surface area contributed by atoms with E-state index in [2.05, 4.69) is 10.2 Å². The van der Waals surface area contributed by atoms with Gasteiger partial charge in [0.15, 0.2) is 0 Å². The Kier molecular flexibility index (Phi) is 4.55. The molecule has 0 amide bonds. The average Bonchev–Trinajstić information content (AvgIpc) is 3.16. The second-order valence-corrected chi connectivity index (χ2v) is 4.92. The summed E-state index contributed by atoms with van der Waals surface area (Å²) in [5.74, 6) is 0.366. The largest absolute Gasteiger partial charge is 0.497 e. The van der Waals surface area contributed by atoms with Crippen LogP contribution in [-0.2, 0) is 6.54 Å². The summed E-state index contributed by atoms with van der Waals surface area (Å²) in [5.41, 5.74) is 0.713. The fourth-order valence-corrected chi connectivity index (χ4v) is 1.90. The van der Waals surface area contributed by atoms with Crippen molar-refractivity contribution in [2.45, 2.75) is 25.4 Å². The number of rotatable bonds is 7. The monoisotopic (exact) mass is 252 g/mol. The third kappa shape index (κ3) is 3.96. The molecule has 0 aliphatic heterocycles. The number of nitrogens with zero attached hydrogens (tertiary/aromatic N) is 1. The minimum atomic E-state index is -0.198. The second-order valence-electron chi connectivity index (χ2n) is 4.92. The van der Waals surface area contributed by atoms with E-state index >= 15 is 0 Å². The van der Waals surface area contributed by atoms with Gasteiger partial charge in [-0.1, -0.05) is 6.07 Å². The first-order valence-corrected chi connectivity index (χ1v) is 6.43. The fourth-order valence-electron chi connectivity index (χ4n) is 1.90. The summed E-state index contributed by atoms with van der Waals surface area (Å²) in [4.78, 5) is 2.13. The van der Waals surface area contributed by atoms with E-state index < -0.39 is 0 Å². The Labute approximate surface area is 108 Å². The zero-order chi connectivity index (χ0) is 13.0. The third-order valence-electron chi connectivity index (χ3n) is 3.20. The molecule has 1 N–H and O–H groups in total. The minimum absolute atomic E-state index is 0.198. The van der Waals surface area contributed by atoms with Crippen LogP contribution in [0.4, 0.5) is 4.39 Å². The first kappa shape index (κ1) is 13.3. The van der Waals surface area contributed by atoms with Gasteiger partial charge in [-0.05, 0) is 26.0 Å². The molecule has 0 atom stereocenters. The van der Waals surface area contributed by atoms with Crippen molar-refractivity contribution in [2.24, 2.45) is 0 Å². The quantitative estimate of drug-likeness (QED) is 0.803. The van der Waals surface area contributed by atoms with Gasteiger partial charge in [0.1, 0.15) is 11.6 Å².